The van der Waals surface area contributed by atoms with Crippen molar-refractivity contribution in [3.8, 4) is 11.1 Å². The van der Waals surface area contributed by atoms with Gasteiger partial charge in [0, 0.05) is 24.6 Å². The third-order valence-electron chi connectivity index (χ3n) is 6.36. The Morgan fingerprint density at radius 3 is 2.26 bits per heavy atom. The number of alkyl halides is 7. The summed E-state index contributed by atoms with van der Waals surface area (Å²) in [6.45, 7) is 4.66. The van der Waals surface area contributed by atoms with Crippen LogP contribution in [-0.4, -0.2) is 55.9 Å². The zero-order valence-corrected chi connectivity index (χ0v) is 20.8. The number of nitrogens with zero attached hydrogens (tertiary/aromatic N) is 1. The number of carbonyl (C=O) groups excluding carboxylic acids is 2. The summed E-state index contributed by atoms with van der Waals surface area (Å²) in [6, 6.07) is 10.0. The Morgan fingerprint density at radius 2 is 1.64 bits per heavy atom. The summed E-state index contributed by atoms with van der Waals surface area (Å²) in [5, 5.41) is 0. The lowest BCUT2D eigenvalue weighted by molar-refractivity contribution is -0.336. The van der Waals surface area contributed by atoms with Gasteiger partial charge in [-0.05, 0) is 34.7 Å². The van der Waals surface area contributed by atoms with Crippen LogP contribution in [0.3, 0.4) is 0 Å². The topological polar surface area (TPSA) is 65.0 Å². The van der Waals surface area contributed by atoms with Gasteiger partial charge in [0.25, 0.3) is 0 Å². The molecule has 0 N–H and O–H groups in total. The van der Waals surface area contributed by atoms with Crippen LogP contribution >= 0.6 is 0 Å². The van der Waals surface area contributed by atoms with Crippen molar-refractivity contribution < 1.29 is 49.8 Å². The van der Waals surface area contributed by atoms with Gasteiger partial charge in [0.2, 0.25) is 0 Å². The Balaban J connectivity index is 1.87. The summed E-state index contributed by atoms with van der Waals surface area (Å²) in [5.74, 6) is -14.4. The first-order valence-corrected chi connectivity index (χ1v) is 11.7. The second-order valence-corrected chi connectivity index (χ2v) is 8.85. The van der Waals surface area contributed by atoms with E-state index in [4.69, 9.17) is 9.47 Å². The number of halogens is 7. The van der Waals surface area contributed by atoms with E-state index in [2.05, 4.69) is 11.6 Å². The molecule has 0 heterocycles. The number of fused-ring (bicyclic) bond motifs is 3. The number of hydrogen-bond acceptors (Lipinski definition) is 5. The van der Waals surface area contributed by atoms with E-state index in [1.165, 1.54) is 6.07 Å². The first-order chi connectivity index (χ1) is 18.2. The second kappa shape index (κ2) is 11.2. The van der Waals surface area contributed by atoms with E-state index in [1.807, 2.05) is 0 Å². The lowest BCUT2D eigenvalue weighted by Crippen LogP contribution is -2.56. The van der Waals surface area contributed by atoms with Crippen LogP contribution in [0.5, 0.6) is 0 Å². The lowest BCUT2D eigenvalue weighted by atomic mass is 9.93. The average molecular weight is 559 g/mol. The Bertz CT molecular complexity index is 1290. The number of benzene rings is 2. The molecule has 2 atom stereocenters. The van der Waals surface area contributed by atoms with Crippen LogP contribution in [0.2, 0.25) is 0 Å². The van der Waals surface area contributed by atoms with Gasteiger partial charge in [-0.3, -0.25) is 9.79 Å². The average Bonchev–Trinajstić information content (AvgIpc) is 3.19. The minimum atomic E-state index is -6.50. The molecule has 0 spiro atoms. The van der Waals surface area contributed by atoms with Crippen LogP contribution in [0.15, 0.2) is 60.1 Å². The van der Waals surface area contributed by atoms with E-state index in [0.717, 1.165) is 18.2 Å². The predicted octanol–water partition coefficient (Wildman–Crippen LogP) is 6.35. The number of aliphatic imine (C=N–C) groups is 1. The Kier molecular flexibility index (Phi) is 8.56. The molecule has 210 valence electrons. The molecule has 0 aliphatic heterocycles. The van der Waals surface area contributed by atoms with Crippen molar-refractivity contribution in [3.63, 3.8) is 0 Å². The monoisotopic (exact) mass is 559 g/mol. The maximum atomic E-state index is 14.5. The molecule has 0 fully saturated rings. The summed E-state index contributed by atoms with van der Waals surface area (Å²) in [5.41, 5.74) is -0.359. The van der Waals surface area contributed by atoms with Gasteiger partial charge in [-0.1, -0.05) is 49.9 Å². The highest BCUT2D eigenvalue weighted by molar-refractivity contribution is 6.07. The van der Waals surface area contributed by atoms with E-state index < -0.39 is 53.1 Å². The van der Waals surface area contributed by atoms with E-state index in [1.54, 1.807) is 31.2 Å². The summed E-state index contributed by atoms with van der Waals surface area (Å²) in [4.78, 5) is 26.7. The van der Waals surface area contributed by atoms with Gasteiger partial charge in [0.15, 0.2) is 0 Å². The number of ether oxygens (including phenoxy) is 2. The van der Waals surface area contributed by atoms with E-state index in [-0.39, 0.29) is 19.6 Å². The standard InChI is InChI=1S/C27H24F7NO4/c1-4-22(36)38-12-11-15(2)24(37)39-14-21-18-8-6-5-7-17(18)20-13-16(9-10-19(20)21)23(35-3)25(28,29)26(30,31)27(32,33)34/h4-10,13,15,21H,1,11-12,14H2,2-3H3/b35-23-. The highest BCUT2D eigenvalue weighted by Gasteiger charge is 2.75. The van der Waals surface area contributed by atoms with Gasteiger partial charge < -0.3 is 9.47 Å². The van der Waals surface area contributed by atoms with Gasteiger partial charge in [-0.2, -0.15) is 30.7 Å². The first-order valence-electron chi connectivity index (χ1n) is 11.7. The summed E-state index contributed by atoms with van der Waals surface area (Å²) < 4.78 is 105. The molecule has 5 nitrogen and oxygen atoms in total. The fourth-order valence-corrected chi connectivity index (χ4v) is 4.23. The van der Waals surface area contributed by atoms with Gasteiger partial charge >= 0.3 is 30.0 Å². The lowest BCUT2D eigenvalue weighted by Gasteiger charge is -2.29. The Morgan fingerprint density at radius 1 is 1.00 bits per heavy atom. The van der Waals surface area contributed by atoms with Gasteiger partial charge in [-0.25, -0.2) is 4.79 Å². The van der Waals surface area contributed by atoms with Crippen LogP contribution in [0.25, 0.3) is 11.1 Å². The molecule has 2 aromatic carbocycles. The van der Waals surface area contributed by atoms with Crippen molar-refractivity contribution >= 4 is 17.7 Å². The summed E-state index contributed by atoms with van der Waals surface area (Å²) in [6.07, 6.45) is -5.33. The van der Waals surface area contributed by atoms with Crippen LogP contribution in [0, 0.1) is 5.92 Å². The third-order valence-corrected chi connectivity index (χ3v) is 6.36. The molecule has 0 saturated carbocycles. The molecule has 1 aliphatic carbocycles. The molecular formula is C27H24F7NO4. The maximum Gasteiger partial charge on any atom is 0.460 e. The van der Waals surface area contributed by atoms with Crippen molar-refractivity contribution in [1.82, 2.24) is 0 Å². The number of esters is 2. The summed E-state index contributed by atoms with van der Waals surface area (Å²) >= 11 is 0. The molecule has 2 unspecified atom stereocenters. The molecule has 2 aromatic rings. The van der Waals surface area contributed by atoms with E-state index in [0.29, 0.717) is 29.3 Å². The van der Waals surface area contributed by atoms with E-state index >= 15 is 0 Å². The van der Waals surface area contributed by atoms with Gasteiger partial charge in [-0.15, -0.1) is 0 Å². The minimum absolute atomic E-state index is 0.0294. The van der Waals surface area contributed by atoms with Crippen LogP contribution in [0.4, 0.5) is 30.7 Å². The van der Waals surface area contributed by atoms with Gasteiger partial charge in [0.05, 0.1) is 12.5 Å². The highest BCUT2D eigenvalue weighted by Crippen LogP contribution is 2.49. The molecule has 12 heteroatoms. The van der Waals surface area contributed by atoms with Crippen LogP contribution in [0.1, 0.15) is 36.0 Å². The largest absolute Gasteiger partial charge is 0.464 e. The SMILES string of the molecule is C=CC(=O)OCCC(C)C(=O)OCC1c2ccccc2-c2cc(/C(=N/C)C(F)(F)C(F)(F)C(F)(F)F)ccc21. The van der Waals surface area contributed by atoms with Crippen molar-refractivity contribution in [1.29, 1.82) is 0 Å². The fourth-order valence-electron chi connectivity index (χ4n) is 4.23. The molecule has 1 aliphatic rings. The third kappa shape index (κ3) is 5.69. The molecule has 3 rings (SSSR count). The Labute approximate surface area is 219 Å². The normalized spacial score (nSPS) is 16.2. The summed E-state index contributed by atoms with van der Waals surface area (Å²) in [7, 11) is 0.707. The zero-order valence-electron chi connectivity index (χ0n) is 20.8. The molecule has 0 radical (unpaired) electrons. The van der Waals surface area contributed by atoms with Crippen LogP contribution < -0.4 is 0 Å². The fraction of sp³-hybridized carbons (Fsp3) is 0.370. The highest BCUT2D eigenvalue weighted by atomic mass is 19.4. The maximum absolute atomic E-state index is 14.5. The first kappa shape index (κ1) is 29.9. The molecule has 0 aromatic heterocycles. The number of hydrogen-bond donors (Lipinski definition) is 0. The molecule has 0 bridgehead atoms. The minimum Gasteiger partial charge on any atom is -0.464 e. The van der Waals surface area contributed by atoms with Crippen molar-refractivity contribution in [2.75, 3.05) is 20.3 Å². The predicted molar refractivity (Wildman–Crippen MR) is 128 cm³/mol. The number of rotatable bonds is 10. The second-order valence-electron chi connectivity index (χ2n) is 8.85. The molecule has 39 heavy (non-hydrogen) atoms. The van der Waals surface area contributed by atoms with Gasteiger partial charge in [0.1, 0.15) is 12.3 Å². The molecule has 0 amide bonds. The number of carbonyl (C=O) groups is 2. The van der Waals surface area contributed by atoms with Crippen molar-refractivity contribution in [2.24, 2.45) is 10.9 Å². The Hall–Kier alpha value is -3.70. The quantitative estimate of drug-likeness (QED) is 0.147. The molecular weight excluding hydrogens is 535 g/mol. The zero-order chi connectivity index (χ0) is 29.2. The molecule has 0 saturated heterocycles. The smallest absolute Gasteiger partial charge is 0.460 e. The van der Waals surface area contributed by atoms with Crippen molar-refractivity contribution in [3.05, 3.63) is 71.8 Å². The van der Waals surface area contributed by atoms with Crippen LogP contribution in [-0.2, 0) is 19.1 Å². The van der Waals surface area contributed by atoms with E-state index in [9.17, 15) is 40.3 Å². The van der Waals surface area contributed by atoms with Crippen molar-refractivity contribution in [2.45, 2.75) is 37.3 Å².